The van der Waals surface area contributed by atoms with Crippen molar-refractivity contribution in [2.24, 2.45) is 0 Å². The molecule has 0 aliphatic carbocycles. The molecule has 2 heterocycles. The van der Waals surface area contributed by atoms with E-state index in [4.69, 9.17) is 4.74 Å². The number of hydrogen-bond donors (Lipinski definition) is 0. The molecule has 0 unspecified atom stereocenters. The quantitative estimate of drug-likeness (QED) is 0.761. The Labute approximate surface area is 117 Å². The van der Waals surface area contributed by atoms with Gasteiger partial charge in [0.1, 0.15) is 5.60 Å². The highest BCUT2D eigenvalue weighted by Gasteiger charge is 2.42. The van der Waals surface area contributed by atoms with Crippen LogP contribution in [0.25, 0.3) is 0 Å². The van der Waals surface area contributed by atoms with E-state index in [1.54, 1.807) is 20.8 Å². The summed E-state index contributed by atoms with van der Waals surface area (Å²) in [5, 5.41) is 7.22. The minimum Gasteiger partial charge on any atom is -0.443 e. The Balaban J connectivity index is 2.23. The van der Waals surface area contributed by atoms with Crippen molar-refractivity contribution < 1.29 is 17.9 Å². The molecule has 1 amide bonds. The SMILES string of the molecule is CC(C)(C)OC(=O)N1CCN(c2ccnnc2)S1(=O)=O. The molecular formula is C11H16N4O4S. The number of ether oxygens (including phenoxy) is 1. The first-order valence-electron chi connectivity index (χ1n) is 6.02. The predicted molar refractivity (Wildman–Crippen MR) is 71.2 cm³/mol. The summed E-state index contributed by atoms with van der Waals surface area (Å²) in [6.45, 7) is 5.24. The third-order valence-electron chi connectivity index (χ3n) is 2.52. The van der Waals surface area contributed by atoms with Gasteiger partial charge in [-0.25, -0.2) is 9.10 Å². The Hall–Kier alpha value is -1.90. The van der Waals surface area contributed by atoms with E-state index in [0.717, 1.165) is 8.61 Å². The predicted octanol–water partition coefficient (Wildman–Crippen LogP) is 0.779. The molecule has 0 radical (unpaired) electrons. The van der Waals surface area contributed by atoms with Crippen molar-refractivity contribution >= 4 is 22.0 Å². The maximum atomic E-state index is 12.3. The summed E-state index contributed by atoms with van der Waals surface area (Å²) < 4.78 is 31.6. The normalized spacial score (nSPS) is 18.1. The van der Waals surface area contributed by atoms with Crippen molar-refractivity contribution in [1.82, 2.24) is 14.5 Å². The molecule has 1 saturated heterocycles. The molecule has 1 aliphatic rings. The number of anilines is 1. The third-order valence-corrected chi connectivity index (χ3v) is 4.36. The summed E-state index contributed by atoms with van der Waals surface area (Å²) in [5.41, 5.74) is -0.385. The molecule has 0 N–H and O–H groups in total. The molecule has 0 saturated carbocycles. The highest BCUT2D eigenvalue weighted by Crippen LogP contribution is 2.25. The van der Waals surface area contributed by atoms with E-state index >= 15 is 0 Å². The van der Waals surface area contributed by atoms with Gasteiger partial charge in [0.2, 0.25) is 0 Å². The zero-order valence-corrected chi connectivity index (χ0v) is 12.3. The average molecular weight is 300 g/mol. The fraction of sp³-hybridized carbons (Fsp3) is 0.545. The molecule has 1 fully saturated rings. The number of carbonyl (C=O) groups excluding carboxylic acids is 1. The Bertz CT molecular complexity index is 597. The highest BCUT2D eigenvalue weighted by atomic mass is 32.2. The van der Waals surface area contributed by atoms with Gasteiger partial charge in [-0.1, -0.05) is 0 Å². The Morgan fingerprint density at radius 1 is 1.30 bits per heavy atom. The Morgan fingerprint density at radius 2 is 2.00 bits per heavy atom. The Morgan fingerprint density at radius 3 is 2.55 bits per heavy atom. The maximum absolute atomic E-state index is 12.3. The van der Waals surface area contributed by atoms with Crippen LogP contribution in [0.3, 0.4) is 0 Å². The lowest BCUT2D eigenvalue weighted by molar-refractivity contribution is 0.0405. The van der Waals surface area contributed by atoms with E-state index < -0.39 is 21.9 Å². The molecule has 0 spiro atoms. The van der Waals surface area contributed by atoms with E-state index in [-0.39, 0.29) is 13.1 Å². The van der Waals surface area contributed by atoms with Crippen LogP contribution >= 0.6 is 0 Å². The minimum atomic E-state index is -3.93. The second-order valence-electron chi connectivity index (χ2n) is 5.23. The van der Waals surface area contributed by atoms with Gasteiger partial charge in [-0.3, -0.25) is 0 Å². The van der Waals surface area contributed by atoms with Crippen molar-refractivity contribution in [3.63, 3.8) is 0 Å². The molecule has 1 aromatic rings. The fourth-order valence-electron chi connectivity index (χ4n) is 1.72. The number of aromatic nitrogens is 2. The number of amides is 1. The topological polar surface area (TPSA) is 92.7 Å². The van der Waals surface area contributed by atoms with E-state index in [1.807, 2.05) is 0 Å². The smallest absolute Gasteiger partial charge is 0.425 e. The van der Waals surface area contributed by atoms with Crippen LogP contribution in [0.2, 0.25) is 0 Å². The van der Waals surface area contributed by atoms with Gasteiger partial charge >= 0.3 is 16.3 Å². The number of hydrogen-bond acceptors (Lipinski definition) is 6. The molecule has 9 heteroatoms. The molecule has 110 valence electrons. The van der Waals surface area contributed by atoms with Gasteiger partial charge in [-0.2, -0.15) is 22.9 Å². The molecule has 0 atom stereocenters. The number of carbonyl (C=O) groups is 1. The van der Waals surface area contributed by atoms with Gasteiger partial charge < -0.3 is 4.74 Å². The molecule has 20 heavy (non-hydrogen) atoms. The van der Waals surface area contributed by atoms with Crippen LogP contribution in [0.4, 0.5) is 10.5 Å². The molecule has 2 rings (SSSR count). The fourth-order valence-corrected chi connectivity index (χ4v) is 3.19. The van der Waals surface area contributed by atoms with Gasteiger partial charge in [-0.05, 0) is 26.8 Å². The van der Waals surface area contributed by atoms with Gasteiger partial charge in [0.15, 0.2) is 0 Å². The lowest BCUT2D eigenvalue weighted by atomic mass is 10.2. The summed E-state index contributed by atoms with van der Waals surface area (Å²) >= 11 is 0. The summed E-state index contributed by atoms with van der Waals surface area (Å²) in [5.74, 6) is 0. The summed E-state index contributed by atoms with van der Waals surface area (Å²) in [6, 6.07) is 1.52. The van der Waals surface area contributed by atoms with Crippen molar-refractivity contribution in [3.05, 3.63) is 18.5 Å². The second-order valence-corrected chi connectivity index (χ2v) is 7.01. The lowest BCUT2D eigenvalue weighted by Crippen LogP contribution is -2.40. The van der Waals surface area contributed by atoms with Crippen LogP contribution in [-0.2, 0) is 14.9 Å². The molecule has 0 aromatic carbocycles. The lowest BCUT2D eigenvalue weighted by Gasteiger charge is -2.24. The van der Waals surface area contributed by atoms with Crippen LogP contribution < -0.4 is 4.31 Å². The van der Waals surface area contributed by atoms with E-state index in [1.165, 1.54) is 18.5 Å². The highest BCUT2D eigenvalue weighted by molar-refractivity contribution is 7.91. The first-order chi connectivity index (χ1) is 9.22. The summed E-state index contributed by atoms with van der Waals surface area (Å²) in [6.07, 6.45) is 1.85. The standard InChI is InChI=1S/C11H16N4O4S/c1-11(2,3)19-10(16)15-7-6-14(20(15,17)18)9-4-5-12-13-8-9/h4-5,8H,6-7H2,1-3H3. The van der Waals surface area contributed by atoms with Gasteiger partial charge in [0, 0.05) is 0 Å². The zero-order valence-electron chi connectivity index (χ0n) is 11.5. The van der Waals surface area contributed by atoms with Crippen LogP contribution in [0.15, 0.2) is 18.5 Å². The van der Waals surface area contributed by atoms with Crippen LogP contribution in [0.5, 0.6) is 0 Å². The van der Waals surface area contributed by atoms with Gasteiger partial charge in [-0.15, -0.1) is 0 Å². The van der Waals surface area contributed by atoms with Crippen molar-refractivity contribution in [2.75, 3.05) is 17.4 Å². The van der Waals surface area contributed by atoms with Crippen LogP contribution in [-0.4, -0.2) is 47.7 Å². The van der Waals surface area contributed by atoms with E-state index in [2.05, 4.69) is 10.2 Å². The van der Waals surface area contributed by atoms with E-state index in [0.29, 0.717) is 5.69 Å². The molecule has 0 bridgehead atoms. The first-order valence-corrected chi connectivity index (χ1v) is 7.41. The zero-order chi connectivity index (χ0) is 15.0. The molecule has 1 aromatic heterocycles. The molecule has 1 aliphatic heterocycles. The monoisotopic (exact) mass is 300 g/mol. The van der Waals surface area contributed by atoms with Crippen LogP contribution in [0.1, 0.15) is 20.8 Å². The van der Waals surface area contributed by atoms with Gasteiger partial charge in [0.05, 0.1) is 31.2 Å². The summed E-state index contributed by atoms with van der Waals surface area (Å²) in [4.78, 5) is 11.9. The molecular weight excluding hydrogens is 284 g/mol. The largest absolute Gasteiger partial charge is 0.443 e. The summed E-state index contributed by atoms with van der Waals surface area (Å²) in [7, 11) is -3.93. The minimum absolute atomic E-state index is 0.0412. The first kappa shape index (κ1) is 14.5. The van der Waals surface area contributed by atoms with Crippen molar-refractivity contribution in [1.29, 1.82) is 0 Å². The second kappa shape index (κ2) is 4.89. The van der Waals surface area contributed by atoms with Crippen LogP contribution in [0, 0.1) is 0 Å². The number of rotatable bonds is 1. The van der Waals surface area contributed by atoms with Crippen molar-refractivity contribution in [3.8, 4) is 0 Å². The maximum Gasteiger partial charge on any atom is 0.425 e. The number of nitrogens with zero attached hydrogens (tertiary/aromatic N) is 4. The molecule has 8 nitrogen and oxygen atoms in total. The van der Waals surface area contributed by atoms with Gasteiger partial charge in [0.25, 0.3) is 0 Å². The third kappa shape index (κ3) is 2.82. The average Bonchev–Trinajstić information content (AvgIpc) is 2.63. The Kier molecular flexibility index (Phi) is 3.55. The van der Waals surface area contributed by atoms with E-state index in [9.17, 15) is 13.2 Å². The van der Waals surface area contributed by atoms with Crippen molar-refractivity contribution in [2.45, 2.75) is 26.4 Å².